The second-order valence-corrected chi connectivity index (χ2v) is 7.09. The minimum atomic E-state index is -0.605. The molecule has 0 aliphatic carbocycles. The van der Waals surface area contributed by atoms with Crippen LogP contribution >= 0.6 is 11.6 Å². The predicted octanol–water partition coefficient (Wildman–Crippen LogP) is 5.39. The van der Waals surface area contributed by atoms with Crippen molar-refractivity contribution in [1.29, 1.82) is 0 Å². The van der Waals surface area contributed by atoms with Crippen LogP contribution in [-0.4, -0.2) is 19.4 Å². The van der Waals surface area contributed by atoms with Crippen LogP contribution in [-0.2, 0) is 13.1 Å². The number of aryl methyl sites for hydroxylation is 4. The number of hydrogen-bond acceptors (Lipinski definition) is 3. The normalized spacial score (nSPS) is 11.6. The first-order chi connectivity index (χ1) is 12.9. The number of halogens is 2. The van der Waals surface area contributed by atoms with Crippen LogP contribution < -0.4 is 0 Å². The summed E-state index contributed by atoms with van der Waals surface area (Å²) in [6, 6.07) is 7.50. The van der Waals surface area contributed by atoms with Crippen LogP contribution in [0.4, 0.5) is 4.39 Å². The van der Waals surface area contributed by atoms with E-state index in [1.165, 1.54) is 0 Å². The number of oxazole rings is 1. The molecule has 0 radical (unpaired) electrons. The number of rotatable bonds is 4. The summed E-state index contributed by atoms with van der Waals surface area (Å²) < 4.78 is 22.7. The standard InChI is InChI=1S/C20H20ClFN4O/c1-5-17-19(25-12(3)9-15(10-22)23-25)20-26(24-17)18(13(4)27-20)16-7-6-14(21)8-11(16)2/h6-9H,5,10H2,1-4H3. The molecule has 0 fully saturated rings. The SMILES string of the molecule is CCc1nn2c(-c3ccc(Cl)cc3C)c(C)oc2c1-n1nc(CF)cc1C. The molecule has 0 bridgehead atoms. The van der Waals surface area contributed by atoms with Gasteiger partial charge in [0.25, 0.3) is 0 Å². The van der Waals surface area contributed by atoms with Gasteiger partial charge in [0.1, 0.15) is 18.1 Å². The minimum Gasteiger partial charge on any atom is -0.439 e. The maximum absolute atomic E-state index is 13.1. The number of aromatic nitrogens is 4. The van der Waals surface area contributed by atoms with Gasteiger partial charge in [0.05, 0.1) is 11.4 Å². The predicted molar refractivity (Wildman–Crippen MR) is 103 cm³/mol. The van der Waals surface area contributed by atoms with Crippen LogP contribution in [0.15, 0.2) is 28.7 Å². The summed E-state index contributed by atoms with van der Waals surface area (Å²) in [6.45, 7) is 7.24. The van der Waals surface area contributed by atoms with Crippen LogP contribution in [0.3, 0.4) is 0 Å². The Kier molecular flexibility index (Phi) is 4.30. The van der Waals surface area contributed by atoms with Gasteiger partial charge in [0, 0.05) is 16.3 Å². The average molecular weight is 387 g/mol. The third-order valence-corrected chi connectivity index (χ3v) is 4.98. The summed E-state index contributed by atoms with van der Waals surface area (Å²) in [4.78, 5) is 0. The van der Waals surface area contributed by atoms with Gasteiger partial charge in [-0.3, -0.25) is 0 Å². The lowest BCUT2D eigenvalue weighted by Crippen LogP contribution is -2.02. The van der Waals surface area contributed by atoms with Crippen molar-refractivity contribution in [3.63, 3.8) is 0 Å². The molecule has 0 aliphatic heterocycles. The summed E-state index contributed by atoms with van der Waals surface area (Å²) in [5.41, 5.74) is 6.37. The topological polar surface area (TPSA) is 48.3 Å². The van der Waals surface area contributed by atoms with Crippen molar-refractivity contribution in [2.75, 3.05) is 0 Å². The molecule has 27 heavy (non-hydrogen) atoms. The van der Waals surface area contributed by atoms with Gasteiger partial charge in [-0.2, -0.15) is 14.7 Å². The third kappa shape index (κ3) is 2.75. The van der Waals surface area contributed by atoms with E-state index in [1.807, 2.05) is 50.4 Å². The van der Waals surface area contributed by atoms with E-state index in [2.05, 4.69) is 5.10 Å². The molecule has 4 rings (SSSR count). The zero-order chi connectivity index (χ0) is 19.3. The van der Waals surface area contributed by atoms with E-state index in [1.54, 1.807) is 10.7 Å². The van der Waals surface area contributed by atoms with E-state index in [9.17, 15) is 4.39 Å². The number of hydrogen-bond donors (Lipinski definition) is 0. The Morgan fingerprint density at radius 3 is 2.56 bits per heavy atom. The van der Waals surface area contributed by atoms with Crippen molar-refractivity contribution in [2.24, 2.45) is 0 Å². The summed E-state index contributed by atoms with van der Waals surface area (Å²) >= 11 is 6.11. The first-order valence-electron chi connectivity index (χ1n) is 8.84. The Bertz CT molecular complexity index is 1150. The monoisotopic (exact) mass is 386 g/mol. The molecule has 0 atom stereocenters. The zero-order valence-electron chi connectivity index (χ0n) is 15.7. The molecule has 7 heteroatoms. The van der Waals surface area contributed by atoms with Gasteiger partial charge < -0.3 is 4.42 Å². The quantitative estimate of drug-likeness (QED) is 0.472. The molecule has 4 aromatic rings. The molecule has 5 nitrogen and oxygen atoms in total. The Hall–Kier alpha value is -2.60. The van der Waals surface area contributed by atoms with E-state index < -0.39 is 6.67 Å². The van der Waals surface area contributed by atoms with Crippen molar-refractivity contribution < 1.29 is 8.81 Å². The molecule has 0 aliphatic rings. The summed E-state index contributed by atoms with van der Waals surface area (Å²) in [5.74, 6) is 0.752. The molecule has 3 heterocycles. The molecular formula is C20H20ClFN4O. The number of nitrogens with zero attached hydrogens (tertiary/aromatic N) is 4. The van der Waals surface area contributed by atoms with Crippen LogP contribution in [0, 0.1) is 20.8 Å². The van der Waals surface area contributed by atoms with E-state index in [0.717, 1.165) is 39.7 Å². The molecule has 0 spiro atoms. The Labute approximate surface area is 161 Å². The summed E-state index contributed by atoms with van der Waals surface area (Å²) in [7, 11) is 0. The highest BCUT2D eigenvalue weighted by Gasteiger charge is 2.24. The van der Waals surface area contributed by atoms with E-state index in [4.69, 9.17) is 21.1 Å². The smallest absolute Gasteiger partial charge is 0.249 e. The maximum atomic E-state index is 13.1. The third-order valence-electron chi connectivity index (χ3n) is 4.75. The molecule has 0 N–H and O–H groups in total. The van der Waals surface area contributed by atoms with Gasteiger partial charge in [-0.15, -0.1) is 0 Å². The number of fused-ring (bicyclic) bond motifs is 1. The molecule has 140 valence electrons. The summed E-state index contributed by atoms with van der Waals surface area (Å²) in [5, 5.41) is 9.85. The second kappa shape index (κ2) is 6.53. The first kappa shape index (κ1) is 17.8. The molecule has 0 unspecified atom stereocenters. The second-order valence-electron chi connectivity index (χ2n) is 6.65. The Morgan fingerprint density at radius 2 is 1.93 bits per heavy atom. The van der Waals surface area contributed by atoms with Crippen LogP contribution in [0.5, 0.6) is 0 Å². The van der Waals surface area contributed by atoms with Crippen molar-refractivity contribution >= 4 is 17.3 Å². The summed E-state index contributed by atoms with van der Waals surface area (Å²) in [6.07, 6.45) is 0.703. The van der Waals surface area contributed by atoms with Crippen molar-refractivity contribution in [3.05, 3.63) is 57.7 Å². The van der Waals surface area contributed by atoms with E-state index in [-0.39, 0.29) is 0 Å². The van der Waals surface area contributed by atoms with Gasteiger partial charge >= 0.3 is 0 Å². The van der Waals surface area contributed by atoms with Gasteiger partial charge in [-0.1, -0.05) is 24.6 Å². The fourth-order valence-corrected chi connectivity index (χ4v) is 3.73. The lowest BCUT2D eigenvalue weighted by Gasteiger charge is -2.05. The maximum Gasteiger partial charge on any atom is 0.249 e. The van der Waals surface area contributed by atoms with Gasteiger partial charge in [-0.05, 0) is 51.0 Å². The molecule has 0 saturated heterocycles. The van der Waals surface area contributed by atoms with Crippen LogP contribution in [0.25, 0.3) is 22.7 Å². The van der Waals surface area contributed by atoms with Gasteiger partial charge in [-0.25, -0.2) is 9.07 Å². The Morgan fingerprint density at radius 1 is 1.15 bits per heavy atom. The molecule has 0 amide bonds. The first-order valence-corrected chi connectivity index (χ1v) is 9.21. The fourth-order valence-electron chi connectivity index (χ4n) is 3.50. The molecular weight excluding hydrogens is 367 g/mol. The van der Waals surface area contributed by atoms with Crippen LogP contribution in [0.1, 0.15) is 35.3 Å². The average Bonchev–Trinajstić information content (AvgIpc) is 3.26. The highest BCUT2D eigenvalue weighted by molar-refractivity contribution is 6.30. The Balaban J connectivity index is 2.01. The van der Waals surface area contributed by atoms with Gasteiger partial charge in [0.15, 0.2) is 5.69 Å². The zero-order valence-corrected chi connectivity index (χ0v) is 16.4. The highest BCUT2D eigenvalue weighted by atomic mass is 35.5. The lowest BCUT2D eigenvalue weighted by atomic mass is 10.1. The van der Waals surface area contributed by atoms with E-state index in [0.29, 0.717) is 22.9 Å². The van der Waals surface area contributed by atoms with Crippen molar-refractivity contribution in [2.45, 2.75) is 40.8 Å². The van der Waals surface area contributed by atoms with Crippen molar-refractivity contribution in [3.8, 4) is 16.9 Å². The molecule has 1 aromatic carbocycles. The number of benzene rings is 1. The van der Waals surface area contributed by atoms with Crippen molar-refractivity contribution in [1.82, 2.24) is 19.4 Å². The fraction of sp³-hybridized carbons (Fsp3) is 0.300. The van der Waals surface area contributed by atoms with Gasteiger partial charge in [0.2, 0.25) is 5.71 Å². The van der Waals surface area contributed by atoms with E-state index >= 15 is 0 Å². The minimum absolute atomic E-state index is 0.394. The highest BCUT2D eigenvalue weighted by Crippen LogP contribution is 2.34. The van der Waals surface area contributed by atoms with Crippen LogP contribution in [0.2, 0.25) is 5.02 Å². The number of alkyl halides is 1. The molecule has 0 saturated carbocycles. The lowest BCUT2D eigenvalue weighted by molar-refractivity contribution is 0.473. The molecule has 3 aromatic heterocycles. The largest absolute Gasteiger partial charge is 0.439 e.